The minimum Gasteiger partial charge on any atom is -0.477 e. The van der Waals surface area contributed by atoms with E-state index < -0.39 is 5.97 Å². The summed E-state index contributed by atoms with van der Waals surface area (Å²) in [7, 11) is 0. The normalized spacial score (nSPS) is 10.6. The van der Waals surface area contributed by atoms with E-state index in [9.17, 15) is 9.59 Å². The number of fused-ring (bicyclic) bond motifs is 1. The van der Waals surface area contributed by atoms with Gasteiger partial charge in [-0.1, -0.05) is 0 Å². The summed E-state index contributed by atoms with van der Waals surface area (Å²) in [5.41, 5.74) is 0.176. The van der Waals surface area contributed by atoms with Gasteiger partial charge in [0.1, 0.15) is 5.69 Å². The third-order valence-corrected chi connectivity index (χ3v) is 2.49. The van der Waals surface area contributed by atoms with Crippen molar-refractivity contribution in [3.05, 3.63) is 32.8 Å². The van der Waals surface area contributed by atoms with Crippen molar-refractivity contribution in [3.8, 4) is 0 Å². The molecule has 2 rings (SSSR count). The van der Waals surface area contributed by atoms with Crippen LogP contribution in [0.25, 0.3) is 10.9 Å². The van der Waals surface area contributed by atoms with Crippen molar-refractivity contribution >= 4 is 32.8 Å². The molecule has 0 aromatic carbocycles. The monoisotopic (exact) mass is 256 g/mol. The van der Waals surface area contributed by atoms with Crippen LogP contribution in [0.4, 0.5) is 0 Å². The first-order valence-electron chi connectivity index (χ1n) is 3.73. The fourth-order valence-corrected chi connectivity index (χ4v) is 1.64. The lowest BCUT2D eigenvalue weighted by molar-refractivity contribution is 0.0691. The molecular formula is C8H5BrN2O3. The highest BCUT2D eigenvalue weighted by atomic mass is 79.9. The van der Waals surface area contributed by atoms with Crippen LogP contribution < -0.4 is 5.56 Å². The Labute approximate surface area is 85.9 Å². The molecule has 0 atom stereocenters. The Morgan fingerprint density at radius 2 is 2.21 bits per heavy atom. The molecule has 0 amide bonds. The Morgan fingerprint density at radius 3 is 2.79 bits per heavy atom. The van der Waals surface area contributed by atoms with Crippen LogP contribution in [-0.2, 0) is 0 Å². The minimum absolute atomic E-state index is 0.00241. The van der Waals surface area contributed by atoms with Gasteiger partial charge in [-0.05, 0) is 22.0 Å². The van der Waals surface area contributed by atoms with Crippen molar-refractivity contribution in [2.45, 2.75) is 0 Å². The number of hydrogen-bond donors (Lipinski definition) is 3. The molecule has 2 heterocycles. The summed E-state index contributed by atoms with van der Waals surface area (Å²) in [5, 5.41) is 9.04. The van der Waals surface area contributed by atoms with Crippen LogP contribution in [0.15, 0.2) is 21.5 Å². The van der Waals surface area contributed by atoms with Crippen LogP contribution in [0.5, 0.6) is 0 Å². The molecule has 0 spiro atoms. The molecule has 2 aromatic heterocycles. The lowest BCUT2D eigenvalue weighted by atomic mass is 10.3. The molecule has 0 bridgehead atoms. The van der Waals surface area contributed by atoms with Gasteiger partial charge in [0, 0.05) is 6.20 Å². The Kier molecular flexibility index (Phi) is 1.92. The number of carboxylic acid groups (broad SMARTS) is 1. The van der Waals surface area contributed by atoms with Crippen LogP contribution in [-0.4, -0.2) is 21.0 Å². The van der Waals surface area contributed by atoms with Gasteiger partial charge in [-0.25, -0.2) is 4.79 Å². The van der Waals surface area contributed by atoms with Crippen molar-refractivity contribution in [1.82, 2.24) is 9.97 Å². The highest BCUT2D eigenvalue weighted by Gasteiger charge is 2.11. The van der Waals surface area contributed by atoms with Gasteiger partial charge in [-0.2, -0.15) is 0 Å². The van der Waals surface area contributed by atoms with Crippen LogP contribution >= 0.6 is 15.9 Å². The molecule has 14 heavy (non-hydrogen) atoms. The van der Waals surface area contributed by atoms with E-state index in [1.165, 1.54) is 12.3 Å². The molecule has 0 aliphatic rings. The molecule has 72 valence electrons. The second kappa shape index (κ2) is 2.98. The summed E-state index contributed by atoms with van der Waals surface area (Å²) in [6.07, 6.45) is 1.47. The standard InChI is InChI=1S/C8H5BrN2O3/c9-4-2-10-7(12)3-1-5(8(13)14)11-6(3)4/h1-2,11H,(H,10,12)(H,13,14). The molecule has 0 unspecified atom stereocenters. The minimum atomic E-state index is -1.09. The summed E-state index contributed by atoms with van der Waals surface area (Å²) in [4.78, 5) is 27.0. The molecule has 6 heteroatoms. The maximum atomic E-state index is 11.3. The maximum Gasteiger partial charge on any atom is 0.352 e. The predicted molar refractivity (Wildman–Crippen MR) is 53.6 cm³/mol. The van der Waals surface area contributed by atoms with Gasteiger partial charge >= 0.3 is 5.97 Å². The number of halogens is 1. The van der Waals surface area contributed by atoms with E-state index in [1.807, 2.05) is 0 Å². The van der Waals surface area contributed by atoms with Gasteiger partial charge in [0.25, 0.3) is 5.56 Å². The Balaban J connectivity index is 2.89. The number of nitrogens with one attached hydrogen (secondary N) is 2. The van der Waals surface area contributed by atoms with Gasteiger partial charge in [0.15, 0.2) is 0 Å². The topological polar surface area (TPSA) is 85.9 Å². The van der Waals surface area contributed by atoms with Gasteiger partial charge < -0.3 is 15.1 Å². The highest BCUT2D eigenvalue weighted by molar-refractivity contribution is 9.10. The Morgan fingerprint density at radius 1 is 1.50 bits per heavy atom. The molecule has 3 N–H and O–H groups in total. The van der Waals surface area contributed by atoms with E-state index in [-0.39, 0.29) is 11.3 Å². The molecule has 0 aliphatic carbocycles. The van der Waals surface area contributed by atoms with Crippen molar-refractivity contribution in [2.24, 2.45) is 0 Å². The van der Waals surface area contributed by atoms with E-state index in [0.29, 0.717) is 15.4 Å². The van der Waals surface area contributed by atoms with Crippen molar-refractivity contribution in [3.63, 3.8) is 0 Å². The summed E-state index contributed by atoms with van der Waals surface area (Å²) in [5.74, 6) is -1.09. The molecule has 0 aliphatic heterocycles. The molecule has 2 aromatic rings. The fourth-order valence-electron chi connectivity index (χ4n) is 1.22. The largest absolute Gasteiger partial charge is 0.477 e. The summed E-state index contributed by atoms with van der Waals surface area (Å²) >= 11 is 3.20. The van der Waals surface area contributed by atoms with E-state index in [2.05, 4.69) is 25.9 Å². The summed E-state index contributed by atoms with van der Waals surface area (Å²) < 4.78 is 0.625. The smallest absolute Gasteiger partial charge is 0.352 e. The van der Waals surface area contributed by atoms with Crippen molar-refractivity contribution < 1.29 is 9.90 Å². The number of aromatic carboxylic acids is 1. The quantitative estimate of drug-likeness (QED) is 0.720. The zero-order valence-electron chi connectivity index (χ0n) is 6.80. The molecule has 0 fully saturated rings. The highest BCUT2D eigenvalue weighted by Crippen LogP contribution is 2.19. The SMILES string of the molecule is O=C(O)c1cc2c(=O)[nH]cc(Br)c2[nH]1. The first kappa shape index (κ1) is 9.01. The van der Waals surface area contributed by atoms with Gasteiger partial charge in [-0.3, -0.25) is 4.79 Å². The average molecular weight is 257 g/mol. The summed E-state index contributed by atoms with van der Waals surface area (Å²) in [6, 6.07) is 1.31. The number of aromatic nitrogens is 2. The van der Waals surface area contributed by atoms with Crippen LogP contribution in [0.1, 0.15) is 10.5 Å². The molecule has 0 radical (unpaired) electrons. The third kappa shape index (κ3) is 1.24. The molecule has 0 saturated carbocycles. The predicted octanol–water partition coefficient (Wildman–Crippen LogP) is 1.32. The number of H-pyrrole nitrogens is 2. The maximum absolute atomic E-state index is 11.3. The lowest BCUT2D eigenvalue weighted by Gasteiger charge is -1.91. The van der Waals surface area contributed by atoms with Crippen molar-refractivity contribution in [2.75, 3.05) is 0 Å². The number of carboxylic acids is 1. The second-order valence-corrected chi connectivity index (χ2v) is 3.60. The number of hydrogen-bond acceptors (Lipinski definition) is 2. The zero-order chi connectivity index (χ0) is 10.3. The first-order chi connectivity index (χ1) is 6.59. The Hall–Kier alpha value is -1.56. The lowest BCUT2D eigenvalue weighted by Crippen LogP contribution is -2.03. The van der Waals surface area contributed by atoms with Crippen molar-refractivity contribution in [1.29, 1.82) is 0 Å². The number of aromatic amines is 2. The second-order valence-electron chi connectivity index (χ2n) is 2.74. The van der Waals surface area contributed by atoms with E-state index in [4.69, 9.17) is 5.11 Å². The number of carbonyl (C=O) groups is 1. The van der Waals surface area contributed by atoms with Crippen LogP contribution in [0.2, 0.25) is 0 Å². The molecule has 0 saturated heterocycles. The Bertz CT molecular complexity index is 569. The van der Waals surface area contributed by atoms with Gasteiger partial charge in [0.05, 0.1) is 15.4 Å². The third-order valence-electron chi connectivity index (χ3n) is 1.86. The average Bonchev–Trinajstić information content (AvgIpc) is 2.57. The van der Waals surface area contributed by atoms with Gasteiger partial charge in [-0.15, -0.1) is 0 Å². The summed E-state index contributed by atoms with van der Waals surface area (Å²) in [6.45, 7) is 0. The number of rotatable bonds is 1. The van der Waals surface area contributed by atoms with E-state index >= 15 is 0 Å². The zero-order valence-corrected chi connectivity index (χ0v) is 8.38. The van der Waals surface area contributed by atoms with Crippen LogP contribution in [0.3, 0.4) is 0 Å². The first-order valence-corrected chi connectivity index (χ1v) is 4.52. The fraction of sp³-hybridized carbons (Fsp3) is 0. The van der Waals surface area contributed by atoms with Gasteiger partial charge in [0.2, 0.25) is 0 Å². The van der Waals surface area contributed by atoms with E-state index in [0.717, 1.165) is 0 Å². The number of pyridine rings is 1. The molecular weight excluding hydrogens is 252 g/mol. The van der Waals surface area contributed by atoms with E-state index in [1.54, 1.807) is 0 Å². The van der Waals surface area contributed by atoms with Crippen LogP contribution in [0, 0.1) is 0 Å². The molecule has 5 nitrogen and oxygen atoms in total.